The van der Waals surface area contributed by atoms with Gasteiger partial charge in [0, 0.05) is 60.6 Å². The van der Waals surface area contributed by atoms with Crippen LogP contribution in [0, 0.1) is 0 Å². The van der Waals surface area contributed by atoms with Gasteiger partial charge in [0.15, 0.2) is 5.82 Å². The molecule has 546 valence electrons. The van der Waals surface area contributed by atoms with Crippen molar-refractivity contribution >= 4 is 66.7 Å². The minimum absolute atomic E-state index is 0.100. The quantitative estimate of drug-likeness (QED) is 0.135. The zero-order chi connectivity index (χ0) is 77.3. The van der Waals surface area contributed by atoms with Crippen LogP contribution in [0.15, 0.2) is 273 Å². The van der Waals surface area contributed by atoms with E-state index in [1.54, 1.807) is 0 Å². The van der Waals surface area contributed by atoms with Crippen molar-refractivity contribution in [2.75, 3.05) is 0 Å². The van der Waals surface area contributed by atoms with E-state index >= 15 is 0 Å². The number of aromatic nitrogens is 4. The van der Waals surface area contributed by atoms with Crippen molar-refractivity contribution in [2.45, 2.75) is 157 Å². The van der Waals surface area contributed by atoms with Crippen LogP contribution in [-0.2, 0) is 32.5 Å². The Hall–Kier alpha value is -11.4. The molecule has 0 saturated heterocycles. The van der Waals surface area contributed by atoms with E-state index in [0.29, 0.717) is 5.82 Å². The molecule has 0 unspecified atom stereocenters. The summed E-state index contributed by atoms with van der Waals surface area (Å²) >= 11 is 0. The Bertz CT molecular complexity index is 5900. The van der Waals surface area contributed by atoms with Gasteiger partial charge in [-0.3, -0.25) is 0 Å². The number of nitrogens with zero attached hydrogens (tertiary/aromatic N) is 4. The second kappa shape index (κ2) is 25.6. The number of hydrogen-bond acceptors (Lipinski definition) is 2. The highest BCUT2D eigenvalue weighted by atomic mass is 15.0. The molecule has 0 fully saturated rings. The van der Waals surface area contributed by atoms with Crippen molar-refractivity contribution in [3.63, 3.8) is 0 Å². The average molecular weight is 1440 g/mol. The van der Waals surface area contributed by atoms with Crippen molar-refractivity contribution in [3.05, 3.63) is 306 Å². The van der Waals surface area contributed by atoms with Crippen molar-refractivity contribution in [2.24, 2.45) is 0 Å². The molecule has 4 nitrogen and oxygen atoms in total. The van der Waals surface area contributed by atoms with Crippen LogP contribution in [0.3, 0.4) is 0 Å². The fraction of sp³-hybridized carbons (Fsp3) is 0.226. The van der Waals surface area contributed by atoms with E-state index in [-0.39, 0.29) is 39.2 Å². The van der Waals surface area contributed by atoms with Gasteiger partial charge in [-0.2, -0.15) is 0 Å². The summed E-state index contributed by atoms with van der Waals surface area (Å²) in [7, 11) is 0. The molecule has 3 aromatic heterocycles. The first-order chi connectivity index (χ1) is 52.8. The smallest absolute Gasteiger partial charge is 0.252 e. The topological polar surface area (TPSA) is 35.6 Å². The highest BCUT2D eigenvalue weighted by Crippen LogP contribution is 2.49. The lowest BCUT2D eigenvalue weighted by molar-refractivity contribution is 0.568. The minimum atomic E-state index is -0.177. The first-order valence-corrected chi connectivity index (χ1v) is 40.0. The molecule has 2 aliphatic rings. The maximum atomic E-state index is 6.05. The Kier molecular flexibility index (Phi) is 16.4. The van der Waals surface area contributed by atoms with Gasteiger partial charge in [0.2, 0.25) is 0 Å². The molecule has 13 aromatic carbocycles. The summed E-state index contributed by atoms with van der Waals surface area (Å²) in [5.41, 5.74) is 36.8. The average Bonchev–Trinajstić information content (AvgIpc) is 1.53. The standard InChI is InChI=1S/C106H99BN4/c1-101(2,3)77-39-45-91-85(61-77)95-83(72-53-79(103(7,8)9)59-80(54-72)104(10,11)12)41-43-87-98(95)110(91)93-57-76(58-94-97(93)107(87)88-44-42-84(73-55-81(105(13,14)15)60-82(56-73)106(16,17)18)96-86-62-78(102(4,5)6)40-46-92(86)111(94)99(88)96)100-108-89(74-49-68(64-31-23-19-24-32-64)47-69(50-74)65-33-25-20-26-34-65)63-90(109-100)75-51-70(66-35-27-21-28-36-66)48-71(52-75)67-37-29-22-30-38-67/h19-63H,1-18H3. The van der Waals surface area contributed by atoms with Crippen molar-refractivity contribution in [1.29, 1.82) is 0 Å². The van der Waals surface area contributed by atoms with E-state index in [4.69, 9.17) is 9.97 Å². The van der Waals surface area contributed by atoms with E-state index < -0.39 is 0 Å². The van der Waals surface area contributed by atoms with Gasteiger partial charge in [0.1, 0.15) is 0 Å². The Morgan fingerprint density at radius 2 is 0.550 bits per heavy atom. The molecule has 0 spiro atoms. The van der Waals surface area contributed by atoms with Gasteiger partial charge in [0.05, 0.1) is 22.4 Å². The summed E-state index contributed by atoms with van der Waals surface area (Å²) in [5, 5.41) is 5.06. The molecule has 2 aliphatic heterocycles. The van der Waals surface area contributed by atoms with Crippen LogP contribution in [0.2, 0.25) is 0 Å². The summed E-state index contributed by atoms with van der Waals surface area (Å²) < 4.78 is 5.35. The molecule has 0 N–H and O–H groups in total. The lowest BCUT2D eigenvalue weighted by Gasteiger charge is -2.34. The molecule has 16 aromatic rings. The molecular formula is C106H99BN4. The van der Waals surface area contributed by atoms with Crippen LogP contribution in [0.5, 0.6) is 0 Å². The van der Waals surface area contributed by atoms with Gasteiger partial charge >= 0.3 is 0 Å². The largest absolute Gasteiger partial charge is 0.310 e. The summed E-state index contributed by atoms with van der Waals surface area (Å²) in [6.45, 7) is 42.3. The predicted octanol–water partition coefficient (Wildman–Crippen LogP) is 26.6. The normalized spacial score (nSPS) is 13.1. The van der Waals surface area contributed by atoms with Crippen LogP contribution in [0.4, 0.5) is 0 Å². The van der Waals surface area contributed by atoms with E-state index in [1.165, 1.54) is 116 Å². The maximum absolute atomic E-state index is 6.05. The number of fused-ring (bicyclic) bond motifs is 10. The Morgan fingerprint density at radius 1 is 0.243 bits per heavy atom. The fourth-order valence-electron chi connectivity index (χ4n) is 17.5. The second-order valence-electron chi connectivity index (χ2n) is 38.0. The number of benzene rings is 13. The van der Waals surface area contributed by atoms with Crippen molar-refractivity contribution < 1.29 is 0 Å². The van der Waals surface area contributed by atoms with E-state index in [0.717, 1.165) is 84.0 Å². The minimum Gasteiger partial charge on any atom is -0.310 e. The molecule has 5 heterocycles. The van der Waals surface area contributed by atoms with Gasteiger partial charge in [-0.15, -0.1) is 0 Å². The van der Waals surface area contributed by atoms with Crippen molar-refractivity contribution in [3.8, 4) is 112 Å². The molecular weight excluding hydrogens is 1340 g/mol. The van der Waals surface area contributed by atoms with E-state index in [9.17, 15) is 0 Å². The molecule has 0 atom stereocenters. The van der Waals surface area contributed by atoms with Crippen molar-refractivity contribution in [1.82, 2.24) is 19.1 Å². The zero-order valence-corrected chi connectivity index (χ0v) is 67.8. The molecule has 0 saturated carbocycles. The molecule has 0 aliphatic carbocycles. The molecule has 5 heteroatoms. The molecule has 0 radical (unpaired) electrons. The van der Waals surface area contributed by atoms with Crippen LogP contribution >= 0.6 is 0 Å². The van der Waals surface area contributed by atoms with Crippen LogP contribution in [-0.4, -0.2) is 25.8 Å². The lowest BCUT2D eigenvalue weighted by atomic mass is 9.34. The summed E-state index contributed by atoms with van der Waals surface area (Å²) in [6, 6.07) is 104. The third-order valence-electron chi connectivity index (χ3n) is 24.0. The predicted molar refractivity (Wildman–Crippen MR) is 476 cm³/mol. The molecule has 111 heavy (non-hydrogen) atoms. The lowest BCUT2D eigenvalue weighted by Crippen LogP contribution is -2.59. The van der Waals surface area contributed by atoms with Crippen LogP contribution < -0.4 is 16.4 Å². The second-order valence-corrected chi connectivity index (χ2v) is 38.0. The molecule has 18 rings (SSSR count). The highest BCUT2D eigenvalue weighted by molar-refractivity contribution is 7.00. The van der Waals surface area contributed by atoms with Crippen LogP contribution in [0.1, 0.15) is 158 Å². The van der Waals surface area contributed by atoms with Gasteiger partial charge in [-0.25, -0.2) is 9.97 Å². The Morgan fingerprint density at radius 3 is 0.856 bits per heavy atom. The third-order valence-corrected chi connectivity index (χ3v) is 24.0. The monoisotopic (exact) mass is 1440 g/mol. The summed E-state index contributed by atoms with van der Waals surface area (Å²) in [5.74, 6) is 0.641. The molecule has 0 amide bonds. The first kappa shape index (κ1) is 71.2. The SMILES string of the molecule is CC(C)(C)c1cc(-c2ccc3c4c2c2cc(C(C)(C)C)ccc2n4-c2cc(-c4nc(-c5cc(-c6ccccc6)cc(-c6ccccc6)c5)cc(-c5cc(-c6ccccc6)cc(-c6ccccc6)c5)n4)cc4c2B3c2ccc(-c3cc(C(C)(C)C)cc(C(C)(C)C)c3)c3c5cc(C(C)(C)C)ccc5n-4c23)cc(C(C)(C)C)c1. The Balaban J connectivity index is 1.01. The van der Waals surface area contributed by atoms with Gasteiger partial charge in [0.25, 0.3) is 6.71 Å². The zero-order valence-electron chi connectivity index (χ0n) is 67.8. The van der Waals surface area contributed by atoms with Gasteiger partial charge < -0.3 is 9.13 Å². The van der Waals surface area contributed by atoms with E-state index in [1.807, 2.05) is 0 Å². The molecule has 0 bridgehead atoms. The van der Waals surface area contributed by atoms with E-state index in [2.05, 4.69) is 407 Å². The summed E-state index contributed by atoms with van der Waals surface area (Å²) in [6.07, 6.45) is 0. The summed E-state index contributed by atoms with van der Waals surface area (Å²) in [4.78, 5) is 12.1. The fourth-order valence-corrected chi connectivity index (χ4v) is 17.5. The van der Waals surface area contributed by atoms with Crippen LogP contribution in [0.25, 0.3) is 156 Å². The van der Waals surface area contributed by atoms with Gasteiger partial charge in [-0.1, -0.05) is 319 Å². The maximum Gasteiger partial charge on any atom is 0.252 e. The highest BCUT2D eigenvalue weighted by Gasteiger charge is 2.43. The Labute approximate surface area is 657 Å². The number of rotatable bonds is 9. The number of hydrogen-bond donors (Lipinski definition) is 0. The first-order valence-electron chi connectivity index (χ1n) is 40.0. The third kappa shape index (κ3) is 12.4. The van der Waals surface area contributed by atoms with Gasteiger partial charge in [-0.05, 0) is 228 Å².